The first kappa shape index (κ1) is 19.2. The number of hydrogen-bond donors (Lipinski definition) is 0. The largest absolute Gasteiger partial charge is 0.487 e. The molecule has 25 heavy (non-hydrogen) atoms. The number of thioether (sulfide) groups is 1. The molecular weight excluding hydrogens is 357 g/mol. The number of rotatable bonds is 3. The van der Waals surface area contributed by atoms with Crippen molar-refractivity contribution in [3.63, 3.8) is 0 Å². The molecule has 0 aliphatic carbocycles. The lowest BCUT2D eigenvalue weighted by Crippen LogP contribution is -2.57. The number of ether oxygens (including phenoxy) is 2. The quantitative estimate of drug-likeness (QED) is 0.584. The van der Waals surface area contributed by atoms with Crippen molar-refractivity contribution in [2.24, 2.45) is 0 Å². The third kappa shape index (κ3) is 5.46. The van der Waals surface area contributed by atoms with E-state index in [4.69, 9.17) is 14.7 Å². The predicted molar refractivity (Wildman–Crippen MR) is 85.1 cm³/mol. The van der Waals surface area contributed by atoms with E-state index >= 15 is 0 Å². The van der Waals surface area contributed by atoms with E-state index in [1.807, 2.05) is 0 Å². The maximum Gasteiger partial charge on any atom is 0.416 e. The number of carbonyl (C=O) groups is 1. The van der Waals surface area contributed by atoms with Gasteiger partial charge in [0, 0.05) is 4.90 Å². The average Bonchev–Trinajstić information content (AvgIpc) is 2.39. The zero-order chi connectivity index (χ0) is 18.8. The number of benzene rings is 1. The molecule has 0 bridgehead atoms. The summed E-state index contributed by atoms with van der Waals surface area (Å²) >= 11 is 0.625. The Hall–Kier alpha value is -2.08. The molecule has 1 aromatic rings. The van der Waals surface area contributed by atoms with Crippen LogP contribution in [-0.2, 0) is 10.9 Å². The van der Waals surface area contributed by atoms with Crippen molar-refractivity contribution in [3.8, 4) is 11.2 Å². The van der Waals surface area contributed by atoms with Crippen LogP contribution in [-0.4, -0.2) is 35.8 Å². The lowest BCUT2D eigenvalue weighted by atomic mass is 10.1. The van der Waals surface area contributed by atoms with E-state index in [1.165, 1.54) is 11.0 Å². The molecule has 0 saturated carbocycles. The van der Waals surface area contributed by atoms with Crippen LogP contribution in [0.3, 0.4) is 0 Å². The van der Waals surface area contributed by atoms with Gasteiger partial charge in [-0.3, -0.25) is 0 Å². The predicted octanol–water partition coefficient (Wildman–Crippen LogP) is 4.28. The zero-order valence-electron chi connectivity index (χ0n) is 13.9. The number of halogens is 3. The van der Waals surface area contributed by atoms with Gasteiger partial charge < -0.3 is 14.4 Å². The van der Waals surface area contributed by atoms with Gasteiger partial charge in [-0.15, -0.1) is 0 Å². The van der Waals surface area contributed by atoms with Crippen molar-refractivity contribution in [1.82, 2.24) is 4.90 Å². The van der Waals surface area contributed by atoms with Crippen LogP contribution in [0.5, 0.6) is 5.75 Å². The number of thiocyanates is 1. The molecule has 0 spiro atoms. The molecule has 1 amide bonds. The molecule has 1 saturated heterocycles. The molecule has 1 fully saturated rings. The van der Waals surface area contributed by atoms with Gasteiger partial charge in [0.1, 0.15) is 22.9 Å². The van der Waals surface area contributed by atoms with Crippen molar-refractivity contribution < 1.29 is 27.4 Å². The molecule has 136 valence electrons. The Morgan fingerprint density at radius 2 is 1.92 bits per heavy atom. The van der Waals surface area contributed by atoms with E-state index in [-0.39, 0.29) is 23.7 Å². The van der Waals surface area contributed by atoms with Crippen LogP contribution in [0.15, 0.2) is 23.1 Å². The molecule has 1 heterocycles. The highest BCUT2D eigenvalue weighted by molar-refractivity contribution is 8.03. The van der Waals surface area contributed by atoms with Crippen LogP contribution in [0.25, 0.3) is 0 Å². The Kier molecular flexibility index (Phi) is 5.42. The van der Waals surface area contributed by atoms with Gasteiger partial charge in [-0.1, -0.05) is 0 Å². The van der Waals surface area contributed by atoms with Gasteiger partial charge in [0.05, 0.1) is 18.7 Å². The van der Waals surface area contributed by atoms with E-state index in [9.17, 15) is 18.0 Å². The molecular formula is C16H17F3N2O3S. The van der Waals surface area contributed by atoms with E-state index in [2.05, 4.69) is 0 Å². The fourth-order valence-electron chi connectivity index (χ4n) is 2.10. The highest BCUT2D eigenvalue weighted by Crippen LogP contribution is 2.36. The number of amides is 1. The molecule has 1 aromatic carbocycles. The van der Waals surface area contributed by atoms with Crippen molar-refractivity contribution in [3.05, 3.63) is 23.8 Å². The Morgan fingerprint density at radius 1 is 1.28 bits per heavy atom. The van der Waals surface area contributed by atoms with E-state index in [1.54, 1.807) is 26.2 Å². The van der Waals surface area contributed by atoms with E-state index < -0.39 is 29.5 Å². The SMILES string of the molecule is CC(C)(C)OC(=O)N1CC(Oc2cc(SC#N)cc(C(F)(F)F)c2)C1. The standard InChI is InChI=1S/C16H17F3N2O3S/c1-15(2,3)24-14(22)21-7-12(8-21)23-11-4-10(16(17,18)19)5-13(6-11)25-9-20/h4-6,12H,7-8H2,1-3H3. The lowest BCUT2D eigenvalue weighted by molar-refractivity contribution is -0.137. The molecule has 5 nitrogen and oxygen atoms in total. The highest BCUT2D eigenvalue weighted by atomic mass is 32.2. The summed E-state index contributed by atoms with van der Waals surface area (Å²) in [6.07, 6.45) is -5.44. The van der Waals surface area contributed by atoms with Crippen molar-refractivity contribution in [1.29, 1.82) is 5.26 Å². The summed E-state index contributed by atoms with van der Waals surface area (Å²) in [5, 5.41) is 10.4. The number of nitriles is 1. The van der Waals surface area contributed by atoms with E-state index in [0.717, 1.165) is 12.1 Å². The van der Waals surface area contributed by atoms with Crippen molar-refractivity contribution in [2.75, 3.05) is 13.1 Å². The molecule has 9 heteroatoms. The average molecular weight is 374 g/mol. The normalized spacial score (nSPS) is 15.3. The third-order valence-corrected chi connectivity index (χ3v) is 3.74. The van der Waals surface area contributed by atoms with Crippen LogP contribution in [0.4, 0.5) is 18.0 Å². The molecule has 0 unspecified atom stereocenters. The van der Waals surface area contributed by atoms with Crippen molar-refractivity contribution in [2.45, 2.75) is 43.5 Å². The monoisotopic (exact) mass is 374 g/mol. The topological polar surface area (TPSA) is 62.6 Å². The molecule has 0 radical (unpaired) electrons. The third-order valence-electron chi connectivity index (χ3n) is 3.17. The first-order valence-electron chi connectivity index (χ1n) is 7.41. The number of likely N-dealkylation sites (tertiary alicyclic amines) is 1. The van der Waals surface area contributed by atoms with Gasteiger partial charge in [-0.25, -0.2) is 4.79 Å². The Bertz CT molecular complexity index is 689. The number of carbonyl (C=O) groups excluding carboxylic acids is 1. The Labute approximate surface area is 147 Å². The van der Waals surface area contributed by atoms with Gasteiger partial charge in [-0.2, -0.15) is 18.4 Å². The van der Waals surface area contributed by atoms with Gasteiger partial charge in [0.15, 0.2) is 0 Å². The van der Waals surface area contributed by atoms with Gasteiger partial charge in [0.25, 0.3) is 0 Å². The number of alkyl halides is 3. The van der Waals surface area contributed by atoms with Gasteiger partial charge in [-0.05, 0) is 50.7 Å². The van der Waals surface area contributed by atoms with Crippen LogP contribution in [0.2, 0.25) is 0 Å². The first-order chi connectivity index (χ1) is 11.5. The first-order valence-corrected chi connectivity index (χ1v) is 8.22. The maximum absolute atomic E-state index is 12.9. The fraction of sp³-hybridized carbons (Fsp3) is 0.500. The molecule has 0 atom stereocenters. The minimum absolute atomic E-state index is 0.0152. The minimum atomic E-state index is -4.54. The lowest BCUT2D eigenvalue weighted by Gasteiger charge is -2.39. The zero-order valence-corrected chi connectivity index (χ0v) is 14.7. The van der Waals surface area contributed by atoms with E-state index in [0.29, 0.717) is 11.8 Å². The fourth-order valence-corrected chi connectivity index (χ4v) is 2.56. The summed E-state index contributed by atoms with van der Waals surface area (Å²) in [4.78, 5) is 13.4. The van der Waals surface area contributed by atoms with Crippen LogP contribution in [0.1, 0.15) is 26.3 Å². The molecule has 0 N–H and O–H groups in total. The Balaban J connectivity index is 2.01. The Morgan fingerprint density at radius 3 is 2.44 bits per heavy atom. The summed E-state index contributed by atoms with van der Waals surface area (Å²) in [5.41, 5.74) is -1.50. The molecule has 1 aliphatic rings. The number of nitrogens with zero attached hydrogens (tertiary/aromatic N) is 2. The second-order valence-electron chi connectivity index (χ2n) is 6.51. The second-order valence-corrected chi connectivity index (χ2v) is 7.37. The second kappa shape index (κ2) is 7.04. The summed E-state index contributed by atoms with van der Waals surface area (Å²) < 4.78 is 49.5. The smallest absolute Gasteiger partial charge is 0.416 e. The minimum Gasteiger partial charge on any atom is -0.487 e. The summed E-state index contributed by atoms with van der Waals surface area (Å²) in [7, 11) is 0. The molecule has 1 aliphatic heterocycles. The summed E-state index contributed by atoms with van der Waals surface area (Å²) in [6, 6.07) is 3.16. The molecule has 0 aromatic heterocycles. The van der Waals surface area contributed by atoms with Crippen LogP contribution in [0, 0.1) is 10.7 Å². The summed E-state index contributed by atoms with van der Waals surface area (Å²) in [6.45, 7) is 5.69. The number of hydrogen-bond acceptors (Lipinski definition) is 5. The van der Waals surface area contributed by atoms with Crippen molar-refractivity contribution >= 4 is 17.9 Å². The van der Waals surface area contributed by atoms with Gasteiger partial charge >= 0.3 is 12.3 Å². The van der Waals surface area contributed by atoms with Crippen LogP contribution >= 0.6 is 11.8 Å². The maximum atomic E-state index is 12.9. The summed E-state index contributed by atoms with van der Waals surface area (Å²) in [5.74, 6) is 0.0152. The highest BCUT2D eigenvalue weighted by Gasteiger charge is 2.36. The molecule has 2 rings (SSSR count). The van der Waals surface area contributed by atoms with Crippen LogP contribution < -0.4 is 4.74 Å². The van der Waals surface area contributed by atoms with Gasteiger partial charge in [0.2, 0.25) is 0 Å².